The molecule has 1 unspecified atom stereocenters. The van der Waals surface area contributed by atoms with Gasteiger partial charge in [0.2, 0.25) is 5.91 Å². The number of hydrogen-bond donors (Lipinski definition) is 0. The largest absolute Gasteiger partial charge is 0.314 e. The van der Waals surface area contributed by atoms with Crippen molar-refractivity contribution >= 4 is 17.3 Å². The van der Waals surface area contributed by atoms with Crippen LogP contribution in [0, 0.1) is 10.1 Å². The normalized spacial score (nSPS) is 18.8. The fraction of sp³-hybridized carbons (Fsp3) is 0.364. The molecule has 84 valence electrons. The highest BCUT2D eigenvalue weighted by Gasteiger charge is 2.39. The molecule has 16 heavy (non-hydrogen) atoms. The van der Waals surface area contributed by atoms with Gasteiger partial charge >= 0.3 is 0 Å². The Morgan fingerprint density at radius 1 is 1.50 bits per heavy atom. The lowest BCUT2D eigenvalue weighted by molar-refractivity contribution is -0.385. The molecule has 1 amide bonds. The van der Waals surface area contributed by atoms with Crippen molar-refractivity contribution in [1.29, 1.82) is 0 Å². The summed E-state index contributed by atoms with van der Waals surface area (Å²) in [5.74, 6) is -0.437. The second-order valence-corrected chi connectivity index (χ2v) is 3.83. The molecule has 1 heterocycles. The van der Waals surface area contributed by atoms with E-state index in [0.29, 0.717) is 17.7 Å². The summed E-state index contributed by atoms with van der Waals surface area (Å²) in [5, 5.41) is 10.9. The Labute approximate surface area is 92.8 Å². The molecule has 0 N–H and O–H groups in total. The molecule has 0 fully saturated rings. The van der Waals surface area contributed by atoms with Crippen LogP contribution in [0.3, 0.4) is 0 Å². The van der Waals surface area contributed by atoms with Gasteiger partial charge in [-0.3, -0.25) is 14.9 Å². The number of carbonyl (C=O) groups excluding carboxylic acids is 1. The zero-order valence-electron chi connectivity index (χ0n) is 9.14. The minimum absolute atomic E-state index is 0.0436. The number of nitro groups is 1. The highest BCUT2D eigenvalue weighted by molar-refractivity contribution is 6.05. The first-order valence-electron chi connectivity index (χ1n) is 5.12. The number of anilines is 1. The van der Waals surface area contributed by atoms with E-state index >= 15 is 0 Å². The van der Waals surface area contributed by atoms with Crippen molar-refractivity contribution in [3.8, 4) is 0 Å². The van der Waals surface area contributed by atoms with Crippen molar-refractivity contribution < 1.29 is 9.72 Å². The van der Waals surface area contributed by atoms with Crippen LogP contribution in [-0.2, 0) is 4.79 Å². The molecule has 1 atom stereocenters. The minimum Gasteiger partial charge on any atom is -0.314 e. The number of nitro benzene ring substituents is 1. The summed E-state index contributed by atoms with van der Waals surface area (Å²) >= 11 is 0. The van der Waals surface area contributed by atoms with Gasteiger partial charge in [-0.15, -0.1) is 0 Å². The molecule has 0 saturated heterocycles. The first kappa shape index (κ1) is 10.6. The Morgan fingerprint density at radius 2 is 2.19 bits per heavy atom. The summed E-state index contributed by atoms with van der Waals surface area (Å²) in [6.45, 7) is 1.86. The van der Waals surface area contributed by atoms with Gasteiger partial charge in [0.1, 0.15) is 0 Å². The SMILES string of the molecule is CCC1C(=O)N(C)c2cccc([N+](=O)[O-])c21. The number of hydrogen-bond acceptors (Lipinski definition) is 3. The first-order chi connectivity index (χ1) is 7.57. The van der Waals surface area contributed by atoms with Crippen LogP contribution in [0.25, 0.3) is 0 Å². The van der Waals surface area contributed by atoms with Gasteiger partial charge in [-0.25, -0.2) is 0 Å². The minimum atomic E-state index is -0.423. The maximum Gasteiger partial charge on any atom is 0.275 e. The van der Waals surface area contributed by atoms with Crippen molar-refractivity contribution in [2.45, 2.75) is 19.3 Å². The Balaban J connectivity index is 2.67. The van der Waals surface area contributed by atoms with Gasteiger partial charge in [0.25, 0.3) is 5.69 Å². The van der Waals surface area contributed by atoms with Crippen molar-refractivity contribution in [3.63, 3.8) is 0 Å². The number of nitrogens with zero attached hydrogens (tertiary/aromatic N) is 2. The van der Waals surface area contributed by atoms with Crippen LogP contribution in [0.2, 0.25) is 0 Å². The van der Waals surface area contributed by atoms with Gasteiger partial charge in [-0.1, -0.05) is 13.0 Å². The van der Waals surface area contributed by atoms with E-state index in [1.807, 2.05) is 6.92 Å². The Morgan fingerprint density at radius 3 is 2.75 bits per heavy atom. The quantitative estimate of drug-likeness (QED) is 0.566. The highest BCUT2D eigenvalue weighted by Crippen LogP contribution is 2.43. The third-order valence-electron chi connectivity index (χ3n) is 3.00. The van der Waals surface area contributed by atoms with Gasteiger partial charge in [-0.2, -0.15) is 0 Å². The smallest absolute Gasteiger partial charge is 0.275 e. The van der Waals surface area contributed by atoms with E-state index in [1.165, 1.54) is 11.0 Å². The molecule has 0 spiro atoms. The lowest BCUT2D eigenvalue weighted by Gasteiger charge is -2.09. The predicted molar refractivity (Wildman–Crippen MR) is 59.5 cm³/mol. The number of rotatable bonds is 2. The molecular formula is C11H12N2O3. The molecule has 0 aliphatic carbocycles. The average Bonchev–Trinajstić information content (AvgIpc) is 2.51. The number of fused-ring (bicyclic) bond motifs is 1. The van der Waals surface area contributed by atoms with E-state index in [2.05, 4.69) is 0 Å². The molecular weight excluding hydrogens is 208 g/mol. The first-order valence-corrected chi connectivity index (χ1v) is 5.12. The van der Waals surface area contributed by atoms with E-state index in [1.54, 1.807) is 19.2 Å². The van der Waals surface area contributed by atoms with Crippen LogP contribution in [0.1, 0.15) is 24.8 Å². The van der Waals surface area contributed by atoms with Crippen LogP contribution in [0.15, 0.2) is 18.2 Å². The number of likely N-dealkylation sites (N-methyl/N-ethyl adjacent to an activating group) is 1. The number of benzene rings is 1. The fourth-order valence-corrected chi connectivity index (χ4v) is 2.20. The van der Waals surface area contributed by atoms with Crippen LogP contribution in [0.5, 0.6) is 0 Å². The van der Waals surface area contributed by atoms with Crippen LogP contribution >= 0.6 is 0 Å². The van der Waals surface area contributed by atoms with Crippen LogP contribution in [0.4, 0.5) is 11.4 Å². The highest BCUT2D eigenvalue weighted by atomic mass is 16.6. The van der Waals surface area contributed by atoms with Crippen molar-refractivity contribution in [1.82, 2.24) is 0 Å². The maximum atomic E-state index is 11.9. The second-order valence-electron chi connectivity index (χ2n) is 3.83. The van der Waals surface area contributed by atoms with Crippen LogP contribution in [-0.4, -0.2) is 17.9 Å². The van der Waals surface area contributed by atoms with Gasteiger partial charge < -0.3 is 4.90 Å². The summed E-state index contributed by atoms with van der Waals surface area (Å²) in [6, 6.07) is 4.81. The molecule has 1 aliphatic heterocycles. The summed E-state index contributed by atoms with van der Waals surface area (Å²) in [6.07, 6.45) is 0.584. The maximum absolute atomic E-state index is 11.9. The Kier molecular flexibility index (Phi) is 2.38. The second kappa shape index (κ2) is 3.59. The standard InChI is InChI=1S/C11H12N2O3/c1-3-7-10-8(12(2)11(7)14)5-4-6-9(10)13(15)16/h4-7H,3H2,1-2H3. The summed E-state index contributed by atoms with van der Waals surface area (Å²) < 4.78 is 0. The zero-order chi connectivity index (χ0) is 11.9. The molecule has 0 aromatic heterocycles. The Hall–Kier alpha value is -1.91. The Bertz CT molecular complexity index is 470. The van der Waals surface area contributed by atoms with Crippen molar-refractivity contribution in [2.24, 2.45) is 0 Å². The topological polar surface area (TPSA) is 63.5 Å². The molecule has 0 bridgehead atoms. The predicted octanol–water partition coefficient (Wildman–Crippen LogP) is 2.06. The molecule has 1 aromatic rings. The lowest BCUT2D eigenvalue weighted by atomic mass is 9.96. The fourth-order valence-electron chi connectivity index (χ4n) is 2.20. The van der Waals surface area contributed by atoms with Gasteiger partial charge in [0, 0.05) is 13.1 Å². The molecule has 1 aliphatic rings. The summed E-state index contributed by atoms with van der Waals surface area (Å²) in [7, 11) is 1.65. The van der Waals surface area contributed by atoms with Gasteiger partial charge in [0.15, 0.2) is 0 Å². The lowest BCUT2D eigenvalue weighted by Crippen LogP contribution is -2.23. The molecule has 2 rings (SSSR count). The van der Waals surface area contributed by atoms with E-state index in [4.69, 9.17) is 0 Å². The third-order valence-corrected chi connectivity index (χ3v) is 3.00. The molecule has 0 radical (unpaired) electrons. The zero-order valence-corrected chi connectivity index (χ0v) is 9.14. The molecule has 1 aromatic carbocycles. The van der Waals surface area contributed by atoms with E-state index < -0.39 is 4.92 Å². The number of amides is 1. The van der Waals surface area contributed by atoms with E-state index in [9.17, 15) is 14.9 Å². The van der Waals surface area contributed by atoms with Crippen LogP contribution < -0.4 is 4.90 Å². The van der Waals surface area contributed by atoms with Gasteiger partial charge in [-0.05, 0) is 12.5 Å². The summed E-state index contributed by atoms with van der Waals surface area (Å²) in [4.78, 5) is 23.9. The van der Waals surface area contributed by atoms with E-state index in [-0.39, 0.29) is 17.5 Å². The van der Waals surface area contributed by atoms with E-state index in [0.717, 1.165) is 0 Å². The molecule has 5 heteroatoms. The molecule has 0 saturated carbocycles. The van der Waals surface area contributed by atoms with Gasteiger partial charge in [0.05, 0.1) is 22.1 Å². The average molecular weight is 220 g/mol. The monoisotopic (exact) mass is 220 g/mol. The van der Waals surface area contributed by atoms with Crippen molar-refractivity contribution in [3.05, 3.63) is 33.9 Å². The summed E-state index contributed by atoms with van der Waals surface area (Å²) in [5.41, 5.74) is 1.26. The van der Waals surface area contributed by atoms with Crippen molar-refractivity contribution in [2.75, 3.05) is 11.9 Å². The number of carbonyl (C=O) groups is 1. The molecule has 5 nitrogen and oxygen atoms in total. The third kappa shape index (κ3) is 1.28.